The third kappa shape index (κ3) is 6.36. The van der Waals surface area contributed by atoms with Gasteiger partial charge in [-0.05, 0) is 56.1 Å². The minimum Gasteiger partial charge on any atom is -0.384 e. The van der Waals surface area contributed by atoms with Crippen LogP contribution < -0.4 is 4.90 Å². The third-order valence-electron chi connectivity index (χ3n) is 5.64. The minimum absolute atomic E-state index is 0.206. The first-order valence-electron chi connectivity index (χ1n) is 11.0. The number of carbonyl (C=O) groups is 1. The second kappa shape index (κ2) is 9.69. The molecule has 1 aliphatic rings. The quantitative estimate of drug-likeness (QED) is 0.709. The van der Waals surface area contributed by atoms with Gasteiger partial charge in [0, 0.05) is 37.7 Å². The number of ketones is 1. The highest BCUT2D eigenvalue weighted by Gasteiger charge is 2.22. The molecule has 1 N–H and O–H groups in total. The highest BCUT2D eigenvalue weighted by molar-refractivity contribution is 5.78. The van der Waals surface area contributed by atoms with Crippen LogP contribution in [0.15, 0.2) is 22.9 Å². The summed E-state index contributed by atoms with van der Waals surface area (Å²) < 4.78 is 5.10. The molecule has 2 atom stereocenters. The first-order valence-corrected chi connectivity index (χ1v) is 11.0. The molecular weight excluding hydrogens is 380 g/mol. The lowest BCUT2D eigenvalue weighted by Gasteiger charge is -2.22. The minimum atomic E-state index is -0.791. The van der Waals surface area contributed by atoms with Crippen molar-refractivity contribution in [3.63, 3.8) is 0 Å². The number of rotatable bonds is 7. The van der Waals surface area contributed by atoms with Gasteiger partial charge >= 0.3 is 0 Å². The van der Waals surface area contributed by atoms with E-state index in [9.17, 15) is 9.90 Å². The number of hydrogen-bond acceptors (Lipinski definition) is 7. The topological polar surface area (TPSA) is 92.4 Å². The fraction of sp³-hybridized carbons (Fsp3) is 0.652. The Morgan fingerprint density at radius 3 is 2.83 bits per heavy atom. The standard InChI is InChI=1S/C23H34N4O3/c1-16(28)22-25-21(26-30-22)18-8-11-24-20(15-18)27-12-5-6-17(9-13-27)14-19(29)7-10-23(2,3)4/h8,11,15-17,28H,5-7,9-10,12-14H2,1-4H3/t16-,17?/m1/s1. The second-order valence-electron chi connectivity index (χ2n) is 9.62. The summed E-state index contributed by atoms with van der Waals surface area (Å²) in [5.41, 5.74) is 1.02. The highest BCUT2D eigenvalue weighted by Crippen LogP contribution is 2.28. The van der Waals surface area contributed by atoms with E-state index in [1.807, 2.05) is 12.1 Å². The summed E-state index contributed by atoms with van der Waals surface area (Å²) in [7, 11) is 0. The molecule has 1 aliphatic heterocycles. The Morgan fingerprint density at radius 1 is 1.33 bits per heavy atom. The van der Waals surface area contributed by atoms with Gasteiger partial charge in [-0.15, -0.1) is 0 Å². The van der Waals surface area contributed by atoms with E-state index in [1.165, 1.54) is 0 Å². The molecule has 1 unspecified atom stereocenters. The van der Waals surface area contributed by atoms with Crippen LogP contribution in [0.1, 0.15) is 78.2 Å². The smallest absolute Gasteiger partial charge is 0.255 e. The number of hydrogen-bond donors (Lipinski definition) is 1. The Balaban J connectivity index is 1.59. The first kappa shape index (κ1) is 22.4. The predicted molar refractivity (Wildman–Crippen MR) is 116 cm³/mol. The molecule has 0 aliphatic carbocycles. The molecule has 164 valence electrons. The fourth-order valence-electron chi connectivity index (χ4n) is 3.79. The molecule has 3 heterocycles. The monoisotopic (exact) mass is 414 g/mol. The van der Waals surface area contributed by atoms with Crippen molar-refractivity contribution in [2.75, 3.05) is 18.0 Å². The number of pyridine rings is 1. The normalized spacial score (nSPS) is 18.8. The van der Waals surface area contributed by atoms with Gasteiger partial charge in [-0.3, -0.25) is 4.79 Å². The highest BCUT2D eigenvalue weighted by atomic mass is 16.5. The van der Waals surface area contributed by atoms with Crippen molar-refractivity contribution in [1.29, 1.82) is 0 Å². The van der Waals surface area contributed by atoms with Gasteiger partial charge in [0.25, 0.3) is 5.89 Å². The van der Waals surface area contributed by atoms with Crippen LogP contribution in [-0.4, -0.2) is 39.1 Å². The molecule has 2 aromatic heterocycles. The van der Waals surface area contributed by atoms with Crippen molar-refractivity contribution < 1.29 is 14.4 Å². The van der Waals surface area contributed by atoms with E-state index in [2.05, 4.69) is 40.8 Å². The molecule has 2 aromatic rings. The molecule has 0 aromatic carbocycles. The predicted octanol–water partition coefficient (Wildman–Crippen LogP) is 4.58. The van der Waals surface area contributed by atoms with Crippen LogP contribution in [0.4, 0.5) is 5.82 Å². The van der Waals surface area contributed by atoms with E-state index in [4.69, 9.17) is 4.52 Å². The van der Waals surface area contributed by atoms with Crippen molar-refractivity contribution in [3.05, 3.63) is 24.2 Å². The summed E-state index contributed by atoms with van der Waals surface area (Å²) in [6.07, 6.45) is 6.44. The Hall–Kier alpha value is -2.28. The molecule has 0 saturated carbocycles. The molecule has 0 spiro atoms. The fourth-order valence-corrected chi connectivity index (χ4v) is 3.79. The summed E-state index contributed by atoms with van der Waals surface area (Å²) in [6, 6.07) is 3.81. The lowest BCUT2D eigenvalue weighted by atomic mass is 9.87. The zero-order valence-corrected chi connectivity index (χ0v) is 18.6. The van der Waals surface area contributed by atoms with Gasteiger partial charge in [0.1, 0.15) is 17.7 Å². The van der Waals surface area contributed by atoms with Gasteiger partial charge in [-0.2, -0.15) is 4.98 Å². The van der Waals surface area contributed by atoms with E-state index < -0.39 is 6.10 Å². The van der Waals surface area contributed by atoms with Gasteiger partial charge < -0.3 is 14.5 Å². The number of anilines is 1. The van der Waals surface area contributed by atoms with Crippen LogP contribution in [0.2, 0.25) is 0 Å². The lowest BCUT2D eigenvalue weighted by Crippen LogP contribution is -2.25. The first-order chi connectivity index (χ1) is 14.2. The van der Waals surface area contributed by atoms with E-state index in [0.717, 1.165) is 50.2 Å². The van der Waals surface area contributed by atoms with Crippen LogP contribution in [0, 0.1) is 11.3 Å². The van der Waals surface area contributed by atoms with Gasteiger partial charge in [0.05, 0.1) is 0 Å². The van der Waals surface area contributed by atoms with Gasteiger partial charge in [0.15, 0.2) is 0 Å². The third-order valence-corrected chi connectivity index (χ3v) is 5.64. The van der Waals surface area contributed by atoms with Crippen LogP contribution in [0.3, 0.4) is 0 Å². The maximum Gasteiger partial charge on any atom is 0.255 e. The molecule has 0 amide bonds. The SMILES string of the molecule is C[C@@H](O)c1nc(-c2ccnc(N3CCCC(CC(=O)CCC(C)(C)C)CC3)c2)no1. The molecule has 30 heavy (non-hydrogen) atoms. The zero-order chi connectivity index (χ0) is 21.7. The van der Waals surface area contributed by atoms with Crippen molar-refractivity contribution in [1.82, 2.24) is 15.1 Å². The number of carbonyl (C=O) groups excluding carboxylic acids is 1. The summed E-state index contributed by atoms with van der Waals surface area (Å²) in [6.45, 7) is 9.96. The van der Waals surface area contributed by atoms with Gasteiger partial charge in [-0.1, -0.05) is 25.9 Å². The molecule has 1 saturated heterocycles. The summed E-state index contributed by atoms with van der Waals surface area (Å²) in [4.78, 5) is 23.5. The molecule has 7 nitrogen and oxygen atoms in total. The Morgan fingerprint density at radius 2 is 2.13 bits per heavy atom. The average molecular weight is 415 g/mol. The van der Waals surface area contributed by atoms with Crippen molar-refractivity contribution >= 4 is 11.6 Å². The molecule has 7 heteroatoms. The van der Waals surface area contributed by atoms with Gasteiger partial charge in [-0.25, -0.2) is 4.98 Å². The molecule has 0 bridgehead atoms. The zero-order valence-electron chi connectivity index (χ0n) is 18.6. The Labute approximate surface area is 178 Å². The van der Waals surface area contributed by atoms with E-state index >= 15 is 0 Å². The van der Waals surface area contributed by atoms with Crippen LogP contribution >= 0.6 is 0 Å². The van der Waals surface area contributed by atoms with E-state index in [-0.39, 0.29) is 11.3 Å². The van der Waals surface area contributed by atoms with Crippen molar-refractivity contribution in [2.45, 2.75) is 72.3 Å². The summed E-state index contributed by atoms with van der Waals surface area (Å²) >= 11 is 0. The van der Waals surface area contributed by atoms with Crippen LogP contribution in [0.25, 0.3) is 11.4 Å². The average Bonchev–Trinajstić information content (AvgIpc) is 3.08. The van der Waals surface area contributed by atoms with Crippen LogP contribution in [0.5, 0.6) is 0 Å². The summed E-state index contributed by atoms with van der Waals surface area (Å²) in [5, 5.41) is 13.6. The van der Waals surface area contributed by atoms with Crippen molar-refractivity contribution in [3.8, 4) is 11.4 Å². The Kier molecular flexibility index (Phi) is 7.23. The number of nitrogens with zero attached hydrogens (tertiary/aromatic N) is 4. The maximum atomic E-state index is 12.4. The number of aromatic nitrogens is 3. The number of aliphatic hydroxyl groups is 1. The van der Waals surface area contributed by atoms with Gasteiger partial charge in [0.2, 0.25) is 5.82 Å². The molecule has 0 radical (unpaired) electrons. The molecular formula is C23H34N4O3. The second-order valence-corrected chi connectivity index (χ2v) is 9.62. The molecule has 1 fully saturated rings. The Bertz CT molecular complexity index is 841. The van der Waals surface area contributed by atoms with E-state index in [0.29, 0.717) is 30.4 Å². The van der Waals surface area contributed by atoms with Crippen LogP contribution in [-0.2, 0) is 4.79 Å². The number of Topliss-reactive ketones (excluding diaryl/α,β-unsaturated/α-hetero) is 1. The largest absolute Gasteiger partial charge is 0.384 e. The number of aliphatic hydroxyl groups excluding tert-OH is 1. The molecule has 3 rings (SSSR count). The maximum absolute atomic E-state index is 12.4. The van der Waals surface area contributed by atoms with E-state index in [1.54, 1.807) is 13.1 Å². The summed E-state index contributed by atoms with van der Waals surface area (Å²) in [5.74, 6) is 2.39. The lowest BCUT2D eigenvalue weighted by molar-refractivity contribution is -0.120. The van der Waals surface area contributed by atoms with Crippen molar-refractivity contribution in [2.24, 2.45) is 11.3 Å².